The number of thioether (sulfide) groups is 1. The van der Waals surface area contributed by atoms with Gasteiger partial charge in [0, 0.05) is 23.3 Å². The lowest BCUT2D eigenvalue weighted by atomic mass is 10.0. The largest absolute Gasteiger partial charge is 0.854 e. The van der Waals surface area contributed by atoms with E-state index in [1.54, 1.807) is 47.4 Å². The Balaban J connectivity index is 1.98. The molecule has 1 atom stereocenters. The molecule has 0 bridgehead atoms. The smallest absolute Gasteiger partial charge is 0.335 e. The van der Waals surface area contributed by atoms with E-state index in [0.717, 1.165) is 0 Å². The van der Waals surface area contributed by atoms with E-state index in [0.29, 0.717) is 22.6 Å². The van der Waals surface area contributed by atoms with E-state index in [2.05, 4.69) is 16.7 Å². The highest BCUT2D eigenvalue weighted by molar-refractivity contribution is 7.99. The Hall–Kier alpha value is -3.72. The van der Waals surface area contributed by atoms with E-state index in [9.17, 15) is 19.8 Å². The van der Waals surface area contributed by atoms with E-state index in [1.165, 1.54) is 35.5 Å². The SMILES string of the molecule is C=CCSc1nc([O-])c2[n+](n1)C(c1ccc(C(=O)O)cc1)N(C(C)=O)c1ccccc1-2. The Kier molecular flexibility index (Phi) is 5.43. The molecule has 2 heterocycles. The molecule has 3 aromatic rings. The predicted molar refractivity (Wildman–Crippen MR) is 113 cm³/mol. The van der Waals surface area contributed by atoms with Gasteiger partial charge in [-0.2, -0.15) is 0 Å². The fourth-order valence-corrected chi connectivity index (χ4v) is 4.13. The van der Waals surface area contributed by atoms with Crippen molar-refractivity contribution in [3.05, 3.63) is 72.3 Å². The number of anilines is 1. The molecule has 4 rings (SSSR count). The molecule has 8 nitrogen and oxygen atoms in total. The summed E-state index contributed by atoms with van der Waals surface area (Å²) in [6.45, 7) is 5.11. The Morgan fingerprint density at radius 3 is 2.61 bits per heavy atom. The van der Waals surface area contributed by atoms with Crippen LogP contribution < -0.4 is 14.7 Å². The van der Waals surface area contributed by atoms with Crippen molar-refractivity contribution in [1.29, 1.82) is 0 Å². The summed E-state index contributed by atoms with van der Waals surface area (Å²) >= 11 is 1.26. The highest BCUT2D eigenvalue weighted by Gasteiger charge is 2.43. The standard InChI is InChI=1S/C22H18N4O4S/c1-3-12-31-22-23-19(28)18-16-6-4-5-7-17(16)25(13(2)27)20(26(18)24-22)14-8-10-15(11-9-14)21(29)30/h3-11,20H,1,12H2,2H3,(H-,23,24,28,29,30). The Labute approximate surface area is 182 Å². The number of hydrogen-bond acceptors (Lipinski definition) is 6. The number of aromatic nitrogens is 3. The molecule has 0 spiro atoms. The zero-order chi connectivity index (χ0) is 22.1. The molecule has 156 valence electrons. The molecule has 1 aliphatic rings. The van der Waals surface area contributed by atoms with E-state index >= 15 is 0 Å². The Morgan fingerprint density at radius 1 is 1.26 bits per heavy atom. The Morgan fingerprint density at radius 2 is 1.97 bits per heavy atom. The topological polar surface area (TPSA) is 110 Å². The number of carboxylic acids is 1. The first-order valence-electron chi connectivity index (χ1n) is 9.39. The summed E-state index contributed by atoms with van der Waals surface area (Å²) in [5.74, 6) is -1.23. The summed E-state index contributed by atoms with van der Waals surface area (Å²) in [6, 6.07) is 13.3. The molecule has 0 fully saturated rings. The average molecular weight is 434 g/mol. The third-order valence-electron chi connectivity index (χ3n) is 4.84. The van der Waals surface area contributed by atoms with Crippen molar-refractivity contribution >= 4 is 29.3 Å². The van der Waals surface area contributed by atoms with Gasteiger partial charge in [0.05, 0.1) is 22.7 Å². The third kappa shape index (κ3) is 3.64. The summed E-state index contributed by atoms with van der Waals surface area (Å²) < 4.78 is 1.50. The van der Waals surface area contributed by atoms with Crippen molar-refractivity contribution in [2.45, 2.75) is 18.2 Å². The number of aromatic carboxylic acids is 1. The monoisotopic (exact) mass is 434 g/mol. The van der Waals surface area contributed by atoms with Crippen LogP contribution in [0.5, 0.6) is 5.88 Å². The normalized spacial score (nSPS) is 14.5. The van der Waals surface area contributed by atoms with Crippen molar-refractivity contribution in [1.82, 2.24) is 10.1 Å². The Bertz CT molecular complexity index is 1200. The van der Waals surface area contributed by atoms with E-state index in [-0.39, 0.29) is 22.3 Å². The van der Waals surface area contributed by atoms with Crippen LogP contribution in [0.3, 0.4) is 0 Å². The maximum absolute atomic E-state index is 13.0. The minimum atomic E-state index is -1.05. The minimum absolute atomic E-state index is 0.119. The molecule has 1 unspecified atom stereocenters. The number of para-hydroxylation sites is 1. The molecule has 0 aliphatic carbocycles. The van der Waals surface area contributed by atoms with Crippen LogP contribution in [0.2, 0.25) is 0 Å². The number of benzene rings is 2. The molecule has 1 N–H and O–H groups in total. The number of fused-ring (bicyclic) bond motifs is 3. The van der Waals surface area contributed by atoms with Crippen molar-refractivity contribution in [3.8, 4) is 17.1 Å². The second kappa shape index (κ2) is 8.19. The maximum Gasteiger partial charge on any atom is 0.335 e. The number of rotatable bonds is 5. The number of carbonyl (C=O) groups is 2. The zero-order valence-corrected chi connectivity index (χ0v) is 17.4. The molecule has 0 radical (unpaired) electrons. The van der Waals surface area contributed by atoms with Gasteiger partial charge in [0.1, 0.15) is 0 Å². The molecule has 2 aromatic carbocycles. The number of nitrogens with zero attached hydrogens (tertiary/aromatic N) is 4. The van der Waals surface area contributed by atoms with Crippen LogP contribution >= 0.6 is 11.8 Å². The van der Waals surface area contributed by atoms with Crippen LogP contribution in [0.15, 0.2) is 66.3 Å². The summed E-state index contributed by atoms with van der Waals surface area (Å²) in [7, 11) is 0. The van der Waals surface area contributed by atoms with Crippen molar-refractivity contribution in [2.75, 3.05) is 10.7 Å². The third-order valence-corrected chi connectivity index (χ3v) is 5.68. The highest BCUT2D eigenvalue weighted by atomic mass is 32.2. The van der Waals surface area contributed by atoms with Crippen molar-refractivity contribution in [2.24, 2.45) is 0 Å². The summed E-state index contributed by atoms with van der Waals surface area (Å²) in [5.41, 5.74) is 2.12. The lowest BCUT2D eigenvalue weighted by Gasteiger charge is -2.32. The van der Waals surface area contributed by atoms with E-state index in [1.807, 2.05) is 0 Å². The lowest BCUT2D eigenvalue weighted by molar-refractivity contribution is -0.764. The highest BCUT2D eigenvalue weighted by Crippen LogP contribution is 2.40. The van der Waals surface area contributed by atoms with Gasteiger partial charge in [0.25, 0.3) is 17.0 Å². The summed E-state index contributed by atoms with van der Waals surface area (Å²) in [4.78, 5) is 29.7. The first-order valence-corrected chi connectivity index (χ1v) is 10.4. The molecule has 1 amide bonds. The van der Waals surface area contributed by atoms with Crippen molar-refractivity contribution in [3.63, 3.8) is 0 Å². The van der Waals surface area contributed by atoms with Gasteiger partial charge in [-0.3, -0.25) is 4.79 Å². The molecule has 9 heteroatoms. The molecule has 0 saturated carbocycles. The molecular weight excluding hydrogens is 416 g/mol. The average Bonchev–Trinajstić information content (AvgIpc) is 2.76. The quantitative estimate of drug-likeness (QED) is 0.373. The van der Waals surface area contributed by atoms with E-state index < -0.39 is 18.0 Å². The van der Waals surface area contributed by atoms with E-state index in [4.69, 9.17) is 0 Å². The first-order chi connectivity index (χ1) is 14.9. The fraction of sp³-hybridized carbons (Fsp3) is 0.136. The van der Waals surface area contributed by atoms with Crippen LogP contribution in [0.25, 0.3) is 11.3 Å². The van der Waals surface area contributed by atoms with Gasteiger partial charge >= 0.3 is 5.97 Å². The second-order valence-electron chi connectivity index (χ2n) is 6.80. The van der Waals surface area contributed by atoms with Gasteiger partial charge in [0.15, 0.2) is 0 Å². The van der Waals surface area contributed by atoms with Gasteiger partial charge in [-0.25, -0.2) is 14.7 Å². The van der Waals surface area contributed by atoms with Gasteiger partial charge in [0.2, 0.25) is 5.91 Å². The van der Waals surface area contributed by atoms with Crippen LogP contribution in [-0.2, 0) is 4.79 Å². The van der Waals surface area contributed by atoms with Crippen LogP contribution in [0.1, 0.15) is 29.0 Å². The second-order valence-corrected chi connectivity index (χ2v) is 7.79. The van der Waals surface area contributed by atoms with Crippen molar-refractivity contribution < 1.29 is 24.5 Å². The van der Waals surface area contributed by atoms with Crippen LogP contribution in [0, 0.1) is 0 Å². The fourth-order valence-electron chi connectivity index (χ4n) is 3.57. The number of amides is 1. The lowest BCUT2D eigenvalue weighted by Crippen LogP contribution is -2.58. The summed E-state index contributed by atoms with van der Waals surface area (Å²) in [5, 5.41) is 27.1. The van der Waals surface area contributed by atoms with Gasteiger partial charge in [-0.05, 0) is 36.4 Å². The maximum atomic E-state index is 13.0. The molecule has 1 aromatic heterocycles. The van der Waals surface area contributed by atoms with Gasteiger partial charge in [-0.15, -0.1) is 6.58 Å². The molecular formula is C22H18N4O4S. The number of hydrogen-bond donors (Lipinski definition) is 1. The number of carboxylic acid groups (broad SMARTS) is 1. The molecule has 0 saturated heterocycles. The summed E-state index contributed by atoms with van der Waals surface area (Å²) in [6.07, 6.45) is 0.908. The van der Waals surface area contributed by atoms with Crippen LogP contribution in [0.4, 0.5) is 5.69 Å². The zero-order valence-electron chi connectivity index (χ0n) is 16.6. The minimum Gasteiger partial charge on any atom is -0.854 e. The predicted octanol–water partition coefficient (Wildman–Crippen LogP) is 2.39. The number of carbonyl (C=O) groups excluding carboxylic acids is 1. The van der Waals surface area contributed by atoms with Gasteiger partial charge in [-0.1, -0.05) is 34.7 Å². The molecule has 1 aliphatic heterocycles. The first kappa shape index (κ1) is 20.5. The van der Waals surface area contributed by atoms with Crippen LogP contribution in [-0.4, -0.2) is 32.8 Å². The molecule has 31 heavy (non-hydrogen) atoms. The van der Waals surface area contributed by atoms with Gasteiger partial charge < -0.3 is 10.2 Å².